The van der Waals surface area contributed by atoms with Crippen molar-refractivity contribution in [3.8, 4) is 0 Å². The first-order chi connectivity index (χ1) is 5.66. The van der Waals surface area contributed by atoms with E-state index in [1.54, 1.807) is 18.4 Å². The van der Waals surface area contributed by atoms with E-state index in [4.69, 9.17) is 11.6 Å². The molecule has 0 saturated heterocycles. The van der Waals surface area contributed by atoms with Crippen LogP contribution in [0.4, 0.5) is 0 Å². The Hall–Kier alpha value is -0.870. The van der Waals surface area contributed by atoms with Crippen LogP contribution in [0.5, 0.6) is 0 Å². The molecule has 0 aliphatic rings. The van der Waals surface area contributed by atoms with Crippen molar-refractivity contribution in [1.82, 2.24) is 0 Å². The second-order valence-electron chi connectivity index (χ2n) is 2.03. The molecule has 0 fully saturated rings. The lowest BCUT2D eigenvalue weighted by molar-refractivity contribution is -0.375. The first-order valence-corrected chi connectivity index (χ1v) is 4.46. The van der Waals surface area contributed by atoms with Gasteiger partial charge in [-0.15, -0.1) is 11.3 Å². The van der Waals surface area contributed by atoms with Gasteiger partial charge in [0.15, 0.2) is 0 Å². The Balaban J connectivity index is 3.13. The maximum absolute atomic E-state index is 10.5. The minimum Gasteiger partial charge on any atom is -0.258 e. The van der Waals surface area contributed by atoms with Crippen molar-refractivity contribution in [2.24, 2.45) is 0 Å². The molecule has 0 bridgehead atoms. The van der Waals surface area contributed by atoms with Crippen LogP contribution in [0, 0.1) is 10.1 Å². The smallest absolute Gasteiger partial charge is 0.258 e. The number of halogens is 1. The highest BCUT2D eigenvalue weighted by Gasteiger charge is 2.17. The zero-order valence-electron chi connectivity index (χ0n) is 6.28. The molecule has 12 heavy (non-hydrogen) atoms. The monoisotopic (exact) mass is 203 g/mol. The average Bonchev–Trinajstić information content (AvgIpc) is 2.38. The van der Waals surface area contributed by atoms with Crippen LogP contribution in [0.15, 0.2) is 17.5 Å². The Morgan fingerprint density at radius 2 is 2.50 bits per heavy atom. The molecular formula is C7H6ClNO2S. The molecule has 1 heterocycles. The lowest BCUT2D eigenvalue weighted by Gasteiger charge is -1.93. The number of hydrogen-bond donors (Lipinski definition) is 0. The van der Waals surface area contributed by atoms with Gasteiger partial charge >= 0.3 is 0 Å². The zero-order chi connectivity index (χ0) is 9.14. The third kappa shape index (κ3) is 1.65. The van der Waals surface area contributed by atoms with E-state index >= 15 is 0 Å². The molecule has 3 nitrogen and oxygen atoms in total. The van der Waals surface area contributed by atoms with E-state index in [-0.39, 0.29) is 5.70 Å². The standard InChI is InChI=1S/C7H6ClNO2S/c1-2-6(9(10)11)7-5(8)3-4-12-7/h2-4H,1H3/b6-2+. The zero-order valence-corrected chi connectivity index (χ0v) is 7.85. The van der Waals surface area contributed by atoms with E-state index in [0.717, 1.165) is 0 Å². The Morgan fingerprint density at radius 3 is 2.83 bits per heavy atom. The van der Waals surface area contributed by atoms with Gasteiger partial charge in [-0.3, -0.25) is 10.1 Å². The van der Waals surface area contributed by atoms with Crippen molar-refractivity contribution in [3.63, 3.8) is 0 Å². The van der Waals surface area contributed by atoms with E-state index in [1.807, 2.05) is 0 Å². The molecule has 0 saturated carbocycles. The van der Waals surface area contributed by atoms with Crippen LogP contribution < -0.4 is 0 Å². The van der Waals surface area contributed by atoms with Crippen molar-refractivity contribution in [3.05, 3.63) is 37.5 Å². The summed E-state index contributed by atoms with van der Waals surface area (Å²) in [5, 5.41) is 12.6. The maximum atomic E-state index is 10.5. The summed E-state index contributed by atoms with van der Waals surface area (Å²) in [6.07, 6.45) is 1.44. The number of nitrogens with zero attached hydrogens (tertiary/aromatic N) is 1. The van der Waals surface area contributed by atoms with Gasteiger partial charge in [-0.25, -0.2) is 0 Å². The fourth-order valence-corrected chi connectivity index (χ4v) is 2.00. The van der Waals surface area contributed by atoms with Crippen molar-refractivity contribution < 1.29 is 4.92 Å². The molecule has 5 heteroatoms. The average molecular weight is 204 g/mol. The van der Waals surface area contributed by atoms with Gasteiger partial charge in [0.1, 0.15) is 4.88 Å². The fraction of sp³-hybridized carbons (Fsp3) is 0.143. The highest BCUT2D eigenvalue weighted by atomic mass is 35.5. The largest absolute Gasteiger partial charge is 0.283 e. The third-order valence-corrected chi connectivity index (χ3v) is 2.68. The van der Waals surface area contributed by atoms with Gasteiger partial charge in [-0.1, -0.05) is 11.6 Å². The second-order valence-corrected chi connectivity index (χ2v) is 3.35. The molecule has 0 amide bonds. The van der Waals surface area contributed by atoms with Crippen LogP contribution in [0.25, 0.3) is 5.70 Å². The predicted octanol–water partition coefficient (Wildman–Crippen LogP) is 3.04. The van der Waals surface area contributed by atoms with Crippen LogP contribution in [0.3, 0.4) is 0 Å². The second kappa shape index (κ2) is 3.69. The summed E-state index contributed by atoms with van der Waals surface area (Å²) in [4.78, 5) is 10.6. The Bertz CT molecular complexity index is 332. The Kier molecular flexibility index (Phi) is 2.83. The summed E-state index contributed by atoms with van der Waals surface area (Å²) in [7, 11) is 0. The highest BCUT2D eigenvalue weighted by Crippen LogP contribution is 2.29. The van der Waals surface area contributed by atoms with Gasteiger partial charge in [-0.05, 0) is 24.4 Å². The molecule has 0 aliphatic heterocycles. The summed E-state index contributed by atoms with van der Waals surface area (Å²) in [5.41, 5.74) is 0.0648. The van der Waals surface area contributed by atoms with Gasteiger partial charge in [0, 0.05) is 0 Å². The molecule has 1 rings (SSSR count). The van der Waals surface area contributed by atoms with Crippen LogP contribution >= 0.6 is 22.9 Å². The van der Waals surface area contributed by atoms with E-state index in [2.05, 4.69) is 0 Å². The Labute approximate surface area is 78.4 Å². The summed E-state index contributed by atoms with van der Waals surface area (Å²) in [6, 6.07) is 1.65. The number of hydrogen-bond acceptors (Lipinski definition) is 3. The van der Waals surface area contributed by atoms with Crippen molar-refractivity contribution in [2.75, 3.05) is 0 Å². The maximum Gasteiger partial charge on any atom is 0.283 e. The van der Waals surface area contributed by atoms with E-state index in [1.165, 1.54) is 17.4 Å². The quantitative estimate of drug-likeness (QED) is 0.548. The minimum atomic E-state index is -0.433. The molecular weight excluding hydrogens is 198 g/mol. The van der Waals surface area contributed by atoms with Gasteiger partial charge in [0.25, 0.3) is 5.70 Å². The van der Waals surface area contributed by atoms with Gasteiger partial charge in [0.2, 0.25) is 0 Å². The summed E-state index contributed by atoms with van der Waals surface area (Å²) >= 11 is 6.99. The van der Waals surface area contributed by atoms with Gasteiger partial charge in [0.05, 0.1) is 9.95 Å². The molecule has 1 aromatic rings. The lowest BCUT2D eigenvalue weighted by Crippen LogP contribution is -1.95. The molecule has 64 valence electrons. The number of allylic oxidation sites excluding steroid dienone is 1. The van der Waals surface area contributed by atoms with Crippen molar-refractivity contribution in [2.45, 2.75) is 6.92 Å². The van der Waals surface area contributed by atoms with Gasteiger partial charge in [-0.2, -0.15) is 0 Å². The SMILES string of the molecule is C/C=C(\c1sccc1Cl)[N+](=O)[O-]. The summed E-state index contributed by atoms with van der Waals surface area (Å²) in [5.74, 6) is 0. The molecule has 1 aromatic heterocycles. The minimum absolute atomic E-state index is 0.0648. The number of rotatable bonds is 2. The predicted molar refractivity (Wildman–Crippen MR) is 50.0 cm³/mol. The molecule has 0 unspecified atom stereocenters. The van der Waals surface area contributed by atoms with E-state index in [0.29, 0.717) is 9.90 Å². The molecule has 0 spiro atoms. The molecule has 0 N–H and O–H groups in total. The lowest BCUT2D eigenvalue weighted by atomic mass is 10.3. The third-order valence-electron chi connectivity index (χ3n) is 1.32. The van der Waals surface area contributed by atoms with Crippen LogP contribution in [0.1, 0.15) is 11.8 Å². The van der Waals surface area contributed by atoms with Crippen molar-refractivity contribution in [1.29, 1.82) is 0 Å². The molecule has 0 aromatic carbocycles. The first kappa shape index (κ1) is 9.22. The number of thiophene rings is 1. The fourth-order valence-electron chi connectivity index (χ4n) is 0.796. The van der Waals surface area contributed by atoms with E-state index in [9.17, 15) is 10.1 Å². The summed E-state index contributed by atoms with van der Waals surface area (Å²) < 4.78 is 0. The van der Waals surface area contributed by atoms with Crippen LogP contribution in [0.2, 0.25) is 5.02 Å². The topological polar surface area (TPSA) is 43.1 Å². The first-order valence-electron chi connectivity index (χ1n) is 3.21. The normalized spacial score (nSPS) is 11.7. The van der Waals surface area contributed by atoms with Crippen molar-refractivity contribution >= 4 is 28.6 Å². The molecule has 0 atom stereocenters. The Morgan fingerprint density at radius 1 is 1.83 bits per heavy atom. The highest BCUT2D eigenvalue weighted by molar-refractivity contribution is 7.11. The molecule has 0 aliphatic carbocycles. The number of nitro groups is 1. The van der Waals surface area contributed by atoms with Gasteiger partial charge < -0.3 is 0 Å². The van der Waals surface area contributed by atoms with Crippen LogP contribution in [-0.4, -0.2) is 4.92 Å². The van der Waals surface area contributed by atoms with Crippen LogP contribution in [-0.2, 0) is 0 Å². The summed E-state index contributed by atoms with van der Waals surface area (Å²) in [6.45, 7) is 1.62. The molecule has 0 radical (unpaired) electrons. The van der Waals surface area contributed by atoms with E-state index < -0.39 is 4.92 Å².